The van der Waals surface area contributed by atoms with Gasteiger partial charge in [-0.05, 0) is 77.0 Å². The highest BCUT2D eigenvalue weighted by Gasteiger charge is 2.23. The van der Waals surface area contributed by atoms with Crippen LogP contribution < -0.4 is 10.2 Å². The molecule has 0 aliphatic carbocycles. The van der Waals surface area contributed by atoms with Gasteiger partial charge in [0, 0.05) is 6.42 Å². The van der Waals surface area contributed by atoms with Crippen LogP contribution >= 0.6 is 7.82 Å². The Balaban J connectivity index is 3.93. The van der Waals surface area contributed by atoms with Gasteiger partial charge in [0.25, 0.3) is 7.82 Å². The molecule has 0 bridgehead atoms. The van der Waals surface area contributed by atoms with E-state index in [0.29, 0.717) is 17.4 Å². The lowest BCUT2D eigenvalue weighted by molar-refractivity contribution is -0.870. The zero-order chi connectivity index (χ0) is 60.5. The Hall–Kier alpha value is -1.80. The molecule has 0 saturated carbocycles. The fourth-order valence-electron chi connectivity index (χ4n) is 10.8. The second kappa shape index (κ2) is 64.7. The summed E-state index contributed by atoms with van der Waals surface area (Å²) in [6, 6.07) is -0.911. The molecule has 2 N–H and O–H groups in total. The van der Waals surface area contributed by atoms with Crippen LogP contribution in [0.3, 0.4) is 0 Å². The van der Waals surface area contributed by atoms with E-state index in [1.807, 2.05) is 27.2 Å². The largest absolute Gasteiger partial charge is 0.756 e. The molecule has 0 radical (unpaired) electrons. The first-order chi connectivity index (χ1) is 40.5. The van der Waals surface area contributed by atoms with Gasteiger partial charge in [-0.25, -0.2) is 0 Å². The lowest BCUT2D eigenvalue weighted by atomic mass is 10.0. The first-order valence-electron chi connectivity index (χ1n) is 36.2. The summed E-state index contributed by atoms with van der Waals surface area (Å²) in [6.45, 7) is 4.65. The van der Waals surface area contributed by atoms with Gasteiger partial charge in [-0.1, -0.05) is 331 Å². The molecule has 0 heterocycles. The number of carbonyl (C=O) groups is 1. The minimum absolute atomic E-state index is 0.00831. The van der Waals surface area contributed by atoms with Crippen LogP contribution in [0.1, 0.15) is 354 Å². The number of aliphatic hydroxyl groups excluding tert-OH is 1. The number of carbonyl (C=O) groups excluding carboxylic acids is 1. The third-order valence-corrected chi connectivity index (χ3v) is 17.4. The van der Waals surface area contributed by atoms with Crippen LogP contribution in [0.15, 0.2) is 60.8 Å². The van der Waals surface area contributed by atoms with Crippen molar-refractivity contribution in [3.05, 3.63) is 60.8 Å². The SMILES string of the molecule is CCCCCCC/C=C\C/C=C\CCCCCCCCCCCCCCCCCCCCCCCCCCCCCCCC(=O)NC(COP(=O)([O-])OCC[N+](C)(C)C)C(O)/C=C/CC/C=C/CC/C=C/CCCCCCCCCCCC. The van der Waals surface area contributed by atoms with Gasteiger partial charge in [0.15, 0.2) is 0 Å². The van der Waals surface area contributed by atoms with E-state index in [-0.39, 0.29) is 12.5 Å². The van der Waals surface area contributed by atoms with E-state index in [2.05, 4.69) is 67.8 Å². The van der Waals surface area contributed by atoms with Crippen molar-refractivity contribution in [2.45, 2.75) is 366 Å². The van der Waals surface area contributed by atoms with Crippen LogP contribution in [-0.2, 0) is 18.4 Å². The molecule has 0 spiro atoms. The summed E-state index contributed by atoms with van der Waals surface area (Å²) in [7, 11) is 1.25. The summed E-state index contributed by atoms with van der Waals surface area (Å²) in [5.41, 5.74) is 0. The van der Waals surface area contributed by atoms with Crippen molar-refractivity contribution in [2.75, 3.05) is 40.9 Å². The van der Waals surface area contributed by atoms with Gasteiger partial charge < -0.3 is 28.8 Å². The van der Waals surface area contributed by atoms with E-state index in [1.165, 1.54) is 283 Å². The number of aliphatic hydroxyl groups is 1. The smallest absolute Gasteiger partial charge is 0.268 e. The van der Waals surface area contributed by atoms with Crippen LogP contribution in [0.2, 0.25) is 0 Å². The maximum Gasteiger partial charge on any atom is 0.268 e. The van der Waals surface area contributed by atoms with Crippen molar-refractivity contribution < 1.29 is 32.9 Å². The number of amides is 1. The van der Waals surface area contributed by atoms with E-state index in [9.17, 15) is 19.4 Å². The molecule has 3 unspecified atom stereocenters. The average Bonchev–Trinajstić information content (AvgIpc) is 3.49. The molecule has 488 valence electrons. The lowest BCUT2D eigenvalue weighted by Crippen LogP contribution is -2.45. The minimum Gasteiger partial charge on any atom is -0.756 e. The number of rotatable bonds is 67. The quantitative estimate of drug-likeness (QED) is 0.0272. The molecular formula is C74H141N2O6P. The number of hydrogen-bond donors (Lipinski definition) is 2. The summed E-state index contributed by atoms with van der Waals surface area (Å²) in [5, 5.41) is 13.9. The Kier molecular flexibility index (Phi) is 63.3. The zero-order valence-electron chi connectivity index (χ0n) is 55.9. The molecule has 0 saturated heterocycles. The van der Waals surface area contributed by atoms with Crippen LogP contribution in [0.25, 0.3) is 0 Å². The summed E-state index contributed by atoms with van der Waals surface area (Å²) >= 11 is 0. The molecule has 0 rings (SSSR count). The summed E-state index contributed by atoms with van der Waals surface area (Å²) in [4.78, 5) is 25.6. The van der Waals surface area contributed by atoms with Crippen molar-refractivity contribution in [2.24, 2.45) is 0 Å². The van der Waals surface area contributed by atoms with Crippen molar-refractivity contribution in [3.8, 4) is 0 Å². The maximum atomic E-state index is 13.0. The van der Waals surface area contributed by atoms with Crippen molar-refractivity contribution in [1.29, 1.82) is 0 Å². The molecule has 0 aliphatic heterocycles. The number of unbranched alkanes of at least 4 members (excludes halogenated alkanes) is 46. The number of nitrogens with one attached hydrogen (secondary N) is 1. The molecule has 9 heteroatoms. The monoisotopic (exact) mass is 1190 g/mol. The van der Waals surface area contributed by atoms with Gasteiger partial charge in [0.2, 0.25) is 5.91 Å². The highest BCUT2D eigenvalue weighted by molar-refractivity contribution is 7.45. The zero-order valence-corrected chi connectivity index (χ0v) is 56.8. The molecule has 0 fully saturated rings. The van der Waals surface area contributed by atoms with Gasteiger partial charge in [-0.2, -0.15) is 0 Å². The Morgan fingerprint density at radius 1 is 0.422 bits per heavy atom. The van der Waals surface area contributed by atoms with Gasteiger partial charge in [-0.3, -0.25) is 9.36 Å². The second-order valence-corrected chi connectivity index (χ2v) is 27.3. The molecule has 83 heavy (non-hydrogen) atoms. The van der Waals surface area contributed by atoms with Crippen molar-refractivity contribution in [1.82, 2.24) is 5.32 Å². The first-order valence-corrected chi connectivity index (χ1v) is 37.6. The number of likely N-dealkylation sites (N-methyl/N-ethyl adjacent to an activating group) is 1. The summed E-state index contributed by atoms with van der Waals surface area (Å²) < 4.78 is 23.4. The average molecular weight is 1190 g/mol. The maximum absolute atomic E-state index is 13.0. The Morgan fingerprint density at radius 3 is 1.05 bits per heavy atom. The number of allylic oxidation sites excluding steroid dienone is 9. The predicted molar refractivity (Wildman–Crippen MR) is 362 cm³/mol. The molecule has 3 atom stereocenters. The third-order valence-electron chi connectivity index (χ3n) is 16.4. The summed E-state index contributed by atoms with van der Waals surface area (Å²) in [6.07, 6.45) is 89.4. The van der Waals surface area contributed by atoms with Gasteiger partial charge in [0.05, 0.1) is 39.9 Å². The van der Waals surface area contributed by atoms with Gasteiger partial charge >= 0.3 is 0 Å². The van der Waals surface area contributed by atoms with E-state index in [1.54, 1.807) is 6.08 Å². The number of nitrogens with zero attached hydrogens (tertiary/aromatic N) is 1. The standard InChI is InChI=1S/C74H141N2O6P/c1-6-8-10-12-14-16-18-20-22-24-26-28-29-30-31-32-33-34-35-36-37-38-39-40-41-42-43-44-45-46-47-48-50-52-54-56-58-60-62-64-66-68-74(78)75-72(71-82-83(79,80)81-70-69-76(3,4)5)73(77)67-65-63-61-59-57-55-53-51-49-27-25-23-21-19-17-15-13-11-9-7-2/h18,20,24,26,49,51,57,59,65,67,72-73,77H,6-17,19,21-23,25,27-48,50,52-56,58,60-64,66,68-71H2,1-5H3,(H-,75,78,79,80)/b20-18-,26-24-,51-49+,59-57+,67-65+. The number of hydrogen-bond acceptors (Lipinski definition) is 6. The predicted octanol–water partition coefficient (Wildman–Crippen LogP) is 22.5. The van der Waals surface area contributed by atoms with E-state index in [4.69, 9.17) is 9.05 Å². The molecule has 1 amide bonds. The molecule has 0 aromatic heterocycles. The highest BCUT2D eigenvalue weighted by atomic mass is 31.2. The lowest BCUT2D eigenvalue weighted by Gasteiger charge is -2.29. The van der Waals surface area contributed by atoms with E-state index >= 15 is 0 Å². The fraction of sp³-hybridized carbons (Fsp3) is 0.851. The van der Waals surface area contributed by atoms with Gasteiger partial charge in [-0.15, -0.1) is 0 Å². The van der Waals surface area contributed by atoms with E-state index < -0.39 is 26.6 Å². The number of phosphoric ester groups is 1. The van der Waals surface area contributed by atoms with Crippen LogP contribution in [0, 0.1) is 0 Å². The number of phosphoric acid groups is 1. The van der Waals surface area contributed by atoms with Crippen LogP contribution in [0.4, 0.5) is 0 Å². The summed E-state index contributed by atoms with van der Waals surface area (Å²) in [5.74, 6) is -0.205. The molecule has 0 aromatic carbocycles. The van der Waals surface area contributed by atoms with Crippen LogP contribution in [0.5, 0.6) is 0 Å². The third kappa shape index (κ3) is 67.6. The number of quaternary nitrogens is 1. The topological polar surface area (TPSA) is 108 Å². The fourth-order valence-corrected chi connectivity index (χ4v) is 11.5. The first kappa shape index (κ1) is 81.2. The molecular weight excluding hydrogens is 1040 g/mol. The molecule has 0 aliphatic rings. The molecule has 0 aromatic rings. The van der Waals surface area contributed by atoms with Crippen molar-refractivity contribution >= 4 is 13.7 Å². The second-order valence-electron chi connectivity index (χ2n) is 25.9. The Bertz CT molecular complexity index is 1540. The Labute approximate surface area is 517 Å². The van der Waals surface area contributed by atoms with Gasteiger partial charge in [0.1, 0.15) is 13.2 Å². The normalized spacial score (nSPS) is 14.0. The molecule has 8 nitrogen and oxygen atoms in total. The Morgan fingerprint density at radius 2 is 0.711 bits per heavy atom. The highest BCUT2D eigenvalue weighted by Crippen LogP contribution is 2.38. The van der Waals surface area contributed by atoms with Crippen molar-refractivity contribution in [3.63, 3.8) is 0 Å². The van der Waals surface area contributed by atoms with E-state index in [0.717, 1.165) is 51.4 Å². The van der Waals surface area contributed by atoms with Crippen LogP contribution in [-0.4, -0.2) is 68.5 Å². The minimum atomic E-state index is -4.61.